The highest BCUT2D eigenvalue weighted by atomic mass is 32.2. The molecule has 2 aromatic carbocycles. The van der Waals surface area contributed by atoms with Gasteiger partial charge in [-0.05, 0) is 44.2 Å². The maximum atomic E-state index is 12.2. The van der Waals surface area contributed by atoms with Gasteiger partial charge in [0.2, 0.25) is 0 Å². The summed E-state index contributed by atoms with van der Waals surface area (Å²) in [7, 11) is -1.39. The third-order valence-electron chi connectivity index (χ3n) is 6.17. The van der Waals surface area contributed by atoms with Crippen LogP contribution < -0.4 is 20.1 Å². The van der Waals surface area contributed by atoms with E-state index in [4.69, 9.17) is 9.47 Å². The third kappa shape index (κ3) is 8.04. The van der Waals surface area contributed by atoms with Gasteiger partial charge in [0.25, 0.3) is 0 Å². The number of dihydropyridines is 1. The number of aliphatic hydroxyl groups excluding tert-OH is 1. The molecule has 0 fully saturated rings. The summed E-state index contributed by atoms with van der Waals surface area (Å²) in [6.07, 6.45) is 4.35. The standard InChI is InChI=1S/C29H34N2O8S/c1-18-25(28(33)34)27(26(29(35)36)19(2)31-18)23-15-22(40(3)37)11-12-24(23)38-14-8-7-13-30-16-20(32)17-39-21-9-5-4-6-10-21/h4-12,15,20,27,30-32H,13-14,16-17H2,1-3H3,(H,33,34)(H,35,36)/t20-,40?/m0/s1. The number of allylic oxidation sites excluding steroid dienone is 2. The number of hydrogen-bond donors (Lipinski definition) is 5. The molecule has 0 radical (unpaired) electrons. The Kier molecular flexibility index (Phi) is 11.1. The Balaban J connectivity index is 1.68. The van der Waals surface area contributed by atoms with Crippen molar-refractivity contribution in [1.82, 2.24) is 10.6 Å². The molecule has 1 aliphatic heterocycles. The second kappa shape index (κ2) is 14.5. The molecule has 0 bridgehead atoms. The van der Waals surface area contributed by atoms with E-state index in [1.165, 1.54) is 12.3 Å². The Morgan fingerprint density at radius 2 is 1.68 bits per heavy atom. The van der Waals surface area contributed by atoms with E-state index in [2.05, 4.69) is 10.6 Å². The number of nitrogens with one attached hydrogen (secondary N) is 2. The minimum absolute atomic E-state index is 0.115. The van der Waals surface area contributed by atoms with Gasteiger partial charge < -0.3 is 35.4 Å². The summed E-state index contributed by atoms with van der Waals surface area (Å²) in [5, 5.41) is 36.0. The van der Waals surface area contributed by atoms with E-state index >= 15 is 0 Å². The van der Waals surface area contributed by atoms with E-state index < -0.39 is 34.8 Å². The van der Waals surface area contributed by atoms with Crippen LogP contribution in [0.4, 0.5) is 0 Å². The van der Waals surface area contributed by atoms with Crippen molar-refractivity contribution in [1.29, 1.82) is 0 Å². The van der Waals surface area contributed by atoms with Crippen molar-refractivity contribution in [2.75, 3.05) is 32.6 Å². The van der Waals surface area contributed by atoms with Crippen LogP contribution in [0, 0.1) is 0 Å². The number of rotatable bonds is 14. The summed E-state index contributed by atoms with van der Waals surface area (Å²) in [6.45, 7) is 4.19. The molecule has 0 spiro atoms. The second-order valence-electron chi connectivity index (χ2n) is 9.12. The molecule has 1 unspecified atom stereocenters. The average Bonchev–Trinajstić information content (AvgIpc) is 2.91. The van der Waals surface area contributed by atoms with Crippen LogP contribution >= 0.6 is 0 Å². The fourth-order valence-electron chi connectivity index (χ4n) is 4.33. The second-order valence-corrected chi connectivity index (χ2v) is 10.5. The lowest BCUT2D eigenvalue weighted by molar-refractivity contribution is -0.133. The molecule has 5 N–H and O–H groups in total. The first-order chi connectivity index (χ1) is 19.1. The molecule has 40 heavy (non-hydrogen) atoms. The SMILES string of the molecule is CC1=C(C(=O)O)C(c2cc(S(C)=O)ccc2OCC=CCNC[C@H](O)COc2ccccc2)C(C(=O)O)=C(C)N1. The number of para-hydroxylation sites is 1. The van der Waals surface area contributed by atoms with Crippen LogP contribution in [0.25, 0.3) is 0 Å². The fraction of sp³-hybridized carbons (Fsp3) is 0.310. The van der Waals surface area contributed by atoms with Crippen LogP contribution in [0.3, 0.4) is 0 Å². The van der Waals surface area contributed by atoms with Gasteiger partial charge in [0.15, 0.2) is 0 Å². The number of aliphatic hydroxyl groups is 1. The van der Waals surface area contributed by atoms with E-state index in [1.807, 2.05) is 36.4 Å². The smallest absolute Gasteiger partial charge is 0.334 e. The molecule has 11 heteroatoms. The van der Waals surface area contributed by atoms with Crippen LogP contribution in [0.1, 0.15) is 25.3 Å². The summed E-state index contributed by atoms with van der Waals surface area (Å²) in [5.41, 5.74) is 0.686. The first-order valence-electron chi connectivity index (χ1n) is 12.6. The van der Waals surface area contributed by atoms with Crippen molar-refractivity contribution in [2.24, 2.45) is 0 Å². The number of carbonyl (C=O) groups is 2. The zero-order chi connectivity index (χ0) is 29.2. The third-order valence-corrected chi connectivity index (χ3v) is 7.09. The minimum atomic E-state index is -1.39. The molecule has 0 saturated heterocycles. The lowest BCUT2D eigenvalue weighted by atomic mass is 9.80. The van der Waals surface area contributed by atoms with Gasteiger partial charge in [0, 0.05) is 52.0 Å². The number of carboxylic acids is 2. The topological polar surface area (TPSA) is 154 Å². The Labute approximate surface area is 235 Å². The quantitative estimate of drug-likeness (QED) is 0.169. The Morgan fingerprint density at radius 1 is 1.02 bits per heavy atom. The fourth-order valence-corrected chi connectivity index (χ4v) is 4.88. The molecule has 0 amide bonds. The van der Waals surface area contributed by atoms with Gasteiger partial charge in [-0.1, -0.05) is 30.4 Å². The lowest BCUT2D eigenvalue weighted by Gasteiger charge is -2.30. The molecule has 3 rings (SSSR count). The van der Waals surface area contributed by atoms with E-state index in [9.17, 15) is 29.1 Å². The van der Waals surface area contributed by atoms with Crippen LogP contribution in [0.5, 0.6) is 11.5 Å². The summed E-state index contributed by atoms with van der Waals surface area (Å²) in [5.74, 6) is -2.71. The van der Waals surface area contributed by atoms with Crippen molar-refractivity contribution in [3.8, 4) is 11.5 Å². The zero-order valence-electron chi connectivity index (χ0n) is 22.5. The first kappa shape index (κ1) is 30.6. The van der Waals surface area contributed by atoms with Gasteiger partial charge >= 0.3 is 11.9 Å². The van der Waals surface area contributed by atoms with E-state index in [1.54, 1.807) is 32.1 Å². The summed E-state index contributed by atoms with van der Waals surface area (Å²) in [4.78, 5) is 24.9. The van der Waals surface area contributed by atoms with Crippen LogP contribution in [-0.4, -0.2) is 70.1 Å². The number of aliphatic carboxylic acids is 2. The van der Waals surface area contributed by atoms with Gasteiger partial charge in [0.1, 0.15) is 30.8 Å². The largest absolute Gasteiger partial charge is 0.491 e. The lowest BCUT2D eigenvalue weighted by Crippen LogP contribution is -2.31. The predicted molar refractivity (Wildman–Crippen MR) is 151 cm³/mol. The summed E-state index contributed by atoms with van der Waals surface area (Å²) < 4.78 is 23.7. The number of benzene rings is 2. The summed E-state index contributed by atoms with van der Waals surface area (Å²) in [6, 6.07) is 13.9. The Morgan fingerprint density at radius 3 is 2.27 bits per heavy atom. The molecule has 0 aromatic heterocycles. The summed E-state index contributed by atoms with van der Waals surface area (Å²) >= 11 is 0. The molecule has 0 saturated carbocycles. The normalized spacial score (nSPS) is 15.6. The maximum Gasteiger partial charge on any atom is 0.334 e. The van der Waals surface area contributed by atoms with Crippen molar-refractivity contribution >= 4 is 22.7 Å². The van der Waals surface area contributed by atoms with E-state index in [-0.39, 0.29) is 30.1 Å². The molecular formula is C29H34N2O8S. The first-order valence-corrected chi connectivity index (χ1v) is 14.1. The highest BCUT2D eigenvalue weighted by Gasteiger charge is 2.38. The molecule has 1 aliphatic rings. The minimum Gasteiger partial charge on any atom is -0.491 e. The maximum absolute atomic E-state index is 12.2. The zero-order valence-corrected chi connectivity index (χ0v) is 23.4. The molecule has 2 atom stereocenters. The van der Waals surface area contributed by atoms with Gasteiger partial charge in [-0.15, -0.1) is 0 Å². The molecule has 1 heterocycles. The van der Waals surface area contributed by atoms with Crippen molar-refractivity contribution < 1.29 is 38.6 Å². The number of ether oxygens (including phenoxy) is 2. The van der Waals surface area contributed by atoms with Crippen molar-refractivity contribution in [3.63, 3.8) is 0 Å². The average molecular weight is 571 g/mol. The van der Waals surface area contributed by atoms with Gasteiger partial charge in [-0.3, -0.25) is 4.21 Å². The van der Waals surface area contributed by atoms with E-state index in [0.717, 1.165) is 0 Å². The van der Waals surface area contributed by atoms with Crippen molar-refractivity contribution in [2.45, 2.75) is 30.8 Å². The monoisotopic (exact) mass is 570 g/mol. The van der Waals surface area contributed by atoms with Gasteiger partial charge in [-0.2, -0.15) is 0 Å². The van der Waals surface area contributed by atoms with E-state index in [0.29, 0.717) is 40.7 Å². The molecule has 10 nitrogen and oxygen atoms in total. The van der Waals surface area contributed by atoms with Crippen LogP contribution in [0.2, 0.25) is 0 Å². The Hall–Kier alpha value is -3.93. The van der Waals surface area contributed by atoms with Crippen LogP contribution in [-0.2, 0) is 20.4 Å². The predicted octanol–water partition coefficient (Wildman–Crippen LogP) is 2.79. The van der Waals surface area contributed by atoms with Crippen LogP contribution in [0.15, 0.2) is 88.1 Å². The number of hydrogen-bond acceptors (Lipinski definition) is 8. The Bertz CT molecular complexity index is 1300. The van der Waals surface area contributed by atoms with Crippen molar-refractivity contribution in [3.05, 3.63) is 88.8 Å². The highest BCUT2D eigenvalue weighted by Crippen LogP contribution is 2.42. The highest BCUT2D eigenvalue weighted by molar-refractivity contribution is 7.84. The molecule has 0 aliphatic carbocycles. The molecule has 2 aromatic rings. The number of carboxylic acid groups (broad SMARTS) is 2. The van der Waals surface area contributed by atoms with Gasteiger partial charge in [-0.25, -0.2) is 9.59 Å². The molecule has 214 valence electrons. The molecular weight excluding hydrogens is 536 g/mol. The van der Waals surface area contributed by atoms with Gasteiger partial charge in [0.05, 0.1) is 17.1 Å².